The summed E-state index contributed by atoms with van der Waals surface area (Å²) in [4.78, 5) is 13.4. The Labute approximate surface area is 165 Å². The molecule has 1 heterocycles. The number of nitrogens with zero attached hydrogens (tertiary/aromatic N) is 2. The average Bonchev–Trinajstić information content (AvgIpc) is 2.67. The molecule has 0 radical (unpaired) electrons. The number of nitrogens with one attached hydrogen (secondary N) is 1. The molecule has 1 unspecified atom stereocenters. The molecular weight excluding hydrogens is 374 g/mol. The van der Waals surface area contributed by atoms with E-state index in [-0.39, 0.29) is 16.8 Å². The Kier molecular flexibility index (Phi) is 5.82. The number of piperidine rings is 1. The molecule has 6 nitrogen and oxygen atoms in total. The van der Waals surface area contributed by atoms with Crippen molar-refractivity contribution < 1.29 is 13.2 Å². The first-order valence-corrected chi connectivity index (χ1v) is 10.7. The van der Waals surface area contributed by atoms with Gasteiger partial charge < -0.3 is 4.90 Å². The lowest BCUT2D eigenvalue weighted by Gasteiger charge is -2.32. The molecule has 0 aliphatic carbocycles. The normalized spacial score (nSPS) is 17.2. The highest BCUT2D eigenvalue weighted by molar-refractivity contribution is 7.89. The van der Waals surface area contributed by atoms with E-state index in [2.05, 4.69) is 10.8 Å². The number of carbonyl (C=O) groups excluding carboxylic acids is 1. The molecule has 0 bridgehead atoms. The predicted molar refractivity (Wildman–Crippen MR) is 107 cm³/mol. The van der Waals surface area contributed by atoms with Crippen LogP contribution >= 0.6 is 0 Å². The number of likely N-dealkylation sites (tertiary alicyclic amines) is 1. The molecule has 1 aliphatic heterocycles. The van der Waals surface area contributed by atoms with Gasteiger partial charge in [-0.1, -0.05) is 18.2 Å². The molecule has 0 aromatic heterocycles. The summed E-state index contributed by atoms with van der Waals surface area (Å²) < 4.78 is 28.4. The van der Waals surface area contributed by atoms with E-state index < -0.39 is 10.0 Å². The molecule has 28 heavy (non-hydrogen) atoms. The Balaban J connectivity index is 1.82. The number of amides is 1. The molecule has 0 saturated carbocycles. The van der Waals surface area contributed by atoms with Gasteiger partial charge >= 0.3 is 0 Å². The largest absolute Gasteiger partial charge is 0.341 e. The smallest absolute Gasteiger partial charge is 0.240 e. The van der Waals surface area contributed by atoms with Gasteiger partial charge in [0.1, 0.15) is 0 Å². The molecule has 1 aliphatic rings. The van der Waals surface area contributed by atoms with Gasteiger partial charge in [-0.2, -0.15) is 5.26 Å². The van der Waals surface area contributed by atoms with E-state index in [0.29, 0.717) is 25.1 Å². The summed E-state index contributed by atoms with van der Waals surface area (Å²) in [6, 6.07) is 14.0. The second-order valence-corrected chi connectivity index (χ2v) is 8.81. The Morgan fingerprint density at radius 1 is 1.25 bits per heavy atom. The highest BCUT2D eigenvalue weighted by Gasteiger charge is 2.26. The number of rotatable bonds is 4. The van der Waals surface area contributed by atoms with E-state index in [1.807, 2.05) is 19.1 Å². The number of carbonyl (C=O) groups is 1. The minimum absolute atomic E-state index is 0.0382. The van der Waals surface area contributed by atoms with Crippen LogP contribution < -0.4 is 4.72 Å². The van der Waals surface area contributed by atoms with Gasteiger partial charge in [0, 0.05) is 26.1 Å². The maximum Gasteiger partial charge on any atom is 0.240 e. The third-order valence-corrected chi connectivity index (χ3v) is 6.52. The number of hydrogen-bond acceptors (Lipinski definition) is 4. The van der Waals surface area contributed by atoms with Crippen LogP contribution in [0.4, 0.5) is 0 Å². The fourth-order valence-electron chi connectivity index (χ4n) is 3.53. The van der Waals surface area contributed by atoms with Crippen LogP contribution in [0, 0.1) is 18.3 Å². The Hall–Kier alpha value is -2.69. The first-order chi connectivity index (χ1) is 13.3. The monoisotopic (exact) mass is 397 g/mol. The van der Waals surface area contributed by atoms with Crippen molar-refractivity contribution >= 4 is 15.9 Å². The summed E-state index contributed by atoms with van der Waals surface area (Å²) in [6.45, 7) is 4.42. The number of hydrogen-bond donors (Lipinski definition) is 1. The lowest BCUT2D eigenvalue weighted by atomic mass is 9.99. The zero-order chi connectivity index (χ0) is 20.3. The predicted octanol–water partition coefficient (Wildman–Crippen LogP) is 2.82. The van der Waals surface area contributed by atoms with Crippen LogP contribution in [0.3, 0.4) is 0 Å². The van der Waals surface area contributed by atoms with Gasteiger partial charge in [0.25, 0.3) is 0 Å². The Morgan fingerprint density at radius 2 is 2.04 bits per heavy atom. The second-order valence-electron chi connectivity index (χ2n) is 7.09. The number of sulfonamides is 1. The fraction of sp³-hybridized carbons (Fsp3) is 0.333. The van der Waals surface area contributed by atoms with Gasteiger partial charge in [-0.15, -0.1) is 0 Å². The van der Waals surface area contributed by atoms with Crippen LogP contribution in [0.15, 0.2) is 47.4 Å². The lowest BCUT2D eigenvalue weighted by molar-refractivity contribution is -0.130. The minimum atomic E-state index is -3.68. The summed E-state index contributed by atoms with van der Waals surface area (Å²) in [6.07, 6.45) is 1.49. The summed E-state index contributed by atoms with van der Waals surface area (Å²) in [5.41, 5.74) is 3.13. The topological polar surface area (TPSA) is 90.3 Å². The van der Waals surface area contributed by atoms with E-state index >= 15 is 0 Å². The SMILES string of the molecule is CC(=O)N1CCCC(NS(=O)(=O)c2ccc(-c3cccc(C#N)c3)c(C)c2)C1. The molecule has 7 heteroatoms. The summed E-state index contributed by atoms with van der Waals surface area (Å²) in [5, 5.41) is 9.08. The van der Waals surface area contributed by atoms with Crippen molar-refractivity contribution in [3.63, 3.8) is 0 Å². The second kappa shape index (κ2) is 8.13. The van der Waals surface area contributed by atoms with Crippen LogP contribution in [-0.2, 0) is 14.8 Å². The third-order valence-electron chi connectivity index (χ3n) is 5.00. The van der Waals surface area contributed by atoms with Crippen molar-refractivity contribution in [3.05, 3.63) is 53.6 Å². The molecule has 1 amide bonds. The van der Waals surface area contributed by atoms with Crippen LogP contribution in [0.2, 0.25) is 0 Å². The number of aryl methyl sites for hydroxylation is 1. The standard InChI is InChI=1S/C21H23N3O3S/c1-15-11-20(8-9-21(15)18-6-3-5-17(12-18)13-22)28(26,27)23-19-7-4-10-24(14-19)16(2)25/h3,5-6,8-9,11-12,19,23H,4,7,10,14H2,1-2H3. The molecule has 3 rings (SSSR count). The van der Waals surface area contributed by atoms with Crippen molar-refractivity contribution in [2.24, 2.45) is 0 Å². The van der Waals surface area contributed by atoms with Crippen molar-refractivity contribution in [3.8, 4) is 17.2 Å². The van der Waals surface area contributed by atoms with Gasteiger partial charge in [0.05, 0.1) is 16.5 Å². The average molecular weight is 398 g/mol. The quantitative estimate of drug-likeness (QED) is 0.859. The summed E-state index contributed by atoms with van der Waals surface area (Å²) in [5.74, 6) is -0.0382. The van der Waals surface area contributed by atoms with Crippen LogP contribution in [0.5, 0.6) is 0 Å². The molecule has 1 atom stereocenters. The van der Waals surface area contributed by atoms with Gasteiger partial charge in [-0.3, -0.25) is 4.79 Å². The van der Waals surface area contributed by atoms with Gasteiger partial charge in [-0.25, -0.2) is 13.1 Å². The van der Waals surface area contributed by atoms with Gasteiger partial charge in [-0.05, 0) is 60.7 Å². The van der Waals surface area contributed by atoms with E-state index in [4.69, 9.17) is 5.26 Å². The van der Waals surface area contributed by atoms with E-state index in [0.717, 1.165) is 23.1 Å². The first-order valence-electron chi connectivity index (χ1n) is 9.19. The van der Waals surface area contributed by atoms with Crippen LogP contribution in [0.1, 0.15) is 30.9 Å². The molecule has 1 saturated heterocycles. The third kappa shape index (κ3) is 4.41. The van der Waals surface area contributed by atoms with E-state index in [9.17, 15) is 13.2 Å². The van der Waals surface area contributed by atoms with Crippen LogP contribution in [-0.4, -0.2) is 38.4 Å². The first kappa shape index (κ1) is 20.1. The zero-order valence-electron chi connectivity index (χ0n) is 16.0. The summed E-state index contributed by atoms with van der Waals surface area (Å²) in [7, 11) is -3.68. The van der Waals surface area contributed by atoms with E-state index in [1.165, 1.54) is 6.92 Å². The van der Waals surface area contributed by atoms with Crippen molar-refractivity contribution in [1.82, 2.24) is 9.62 Å². The van der Waals surface area contributed by atoms with Gasteiger partial charge in [0.15, 0.2) is 0 Å². The Bertz CT molecular complexity index is 1040. The highest BCUT2D eigenvalue weighted by Crippen LogP contribution is 2.27. The van der Waals surface area contributed by atoms with Crippen molar-refractivity contribution in [1.29, 1.82) is 5.26 Å². The molecule has 1 N–H and O–H groups in total. The molecule has 0 spiro atoms. The zero-order valence-corrected chi connectivity index (χ0v) is 16.8. The van der Waals surface area contributed by atoms with Gasteiger partial charge in [0.2, 0.25) is 15.9 Å². The molecule has 1 fully saturated rings. The maximum atomic E-state index is 12.8. The number of nitriles is 1. The fourth-order valence-corrected chi connectivity index (χ4v) is 4.88. The maximum absolute atomic E-state index is 12.8. The Morgan fingerprint density at radius 3 is 2.71 bits per heavy atom. The lowest BCUT2D eigenvalue weighted by Crippen LogP contribution is -2.48. The molecule has 146 valence electrons. The minimum Gasteiger partial charge on any atom is -0.341 e. The van der Waals surface area contributed by atoms with Crippen molar-refractivity contribution in [2.75, 3.05) is 13.1 Å². The number of benzene rings is 2. The molecule has 2 aromatic carbocycles. The molecular formula is C21H23N3O3S. The van der Waals surface area contributed by atoms with Crippen LogP contribution in [0.25, 0.3) is 11.1 Å². The van der Waals surface area contributed by atoms with Crippen molar-refractivity contribution in [2.45, 2.75) is 37.6 Å². The van der Waals surface area contributed by atoms with E-state index in [1.54, 1.807) is 35.2 Å². The molecule has 2 aromatic rings. The highest BCUT2D eigenvalue weighted by atomic mass is 32.2. The summed E-state index contributed by atoms with van der Waals surface area (Å²) >= 11 is 0.